The molecule has 0 bridgehead atoms. The maximum Gasteiger partial charge on any atom is 0.253 e. The number of rotatable bonds is 3. The summed E-state index contributed by atoms with van der Waals surface area (Å²) in [4.78, 5) is 16.8. The van der Waals surface area contributed by atoms with E-state index in [1.54, 1.807) is 0 Å². The summed E-state index contributed by atoms with van der Waals surface area (Å²) in [5.74, 6) is 0.130. The van der Waals surface area contributed by atoms with Crippen molar-refractivity contribution in [3.63, 3.8) is 0 Å². The molecule has 0 unspecified atom stereocenters. The van der Waals surface area contributed by atoms with Crippen LogP contribution in [-0.2, 0) is 0 Å². The SMILES string of the molecule is NC1CN(C2CN(C(=O)c3ccc(-c4ccccc4)cc3)C2)C1. The smallest absolute Gasteiger partial charge is 0.253 e. The molecule has 0 aliphatic carbocycles. The van der Waals surface area contributed by atoms with Crippen LogP contribution in [0.1, 0.15) is 10.4 Å². The van der Waals surface area contributed by atoms with Gasteiger partial charge in [0.05, 0.1) is 0 Å². The molecule has 2 fully saturated rings. The van der Waals surface area contributed by atoms with Crippen molar-refractivity contribution >= 4 is 5.91 Å². The van der Waals surface area contributed by atoms with Gasteiger partial charge in [-0.05, 0) is 23.3 Å². The summed E-state index contributed by atoms with van der Waals surface area (Å²) in [5, 5.41) is 0. The Morgan fingerprint density at radius 3 is 2.09 bits per heavy atom. The van der Waals surface area contributed by atoms with E-state index in [0.29, 0.717) is 12.1 Å². The van der Waals surface area contributed by atoms with E-state index < -0.39 is 0 Å². The second-order valence-corrected chi connectivity index (χ2v) is 6.52. The van der Waals surface area contributed by atoms with Crippen molar-refractivity contribution in [2.75, 3.05) is 26.2 Å². The highest BCUT2D eigenvalue weighted by atomic mass is 16.2. The molecule has 2 N–H and O–H groups in total. The Morgan fingerprint density at radius 1 is 0.870 bits per heavy atom. The van der Waals surface area contributed by atoms with E-state index in [9.17, 15) is 4.79 Å². The van der Waals surface area contributed by atoms with Crippen molar-refractivity contribution in [1.82, 2.24) is 9.80 Å². The Labute approximate surface area is 136 Å². The van der Waals surface area contributed by atoms with Crippen LogP contribution in [-0.4, -0.2) is 54.0 Å². The summed E-state index contributed by atoms with van der Waals surface area (Å²) in [5.41, 5.74) is 8.89. The van der Waals surface area contributed by atoms with E-state index in [1.165, 1.54) is 5.56 Å². The van der Waals surface area contributed by atoms with E-state index in [4.69, 9.17) is 5.73 Å². The van der Waals surface area contributed by atoms with Crippen LogP contribution in [0.3, 0.4) is 0 Å². The summed E-state index contributed by atoms with van der Waals surface area (Å²) >= 11 is 0. The molecule has 4 rings (SSSR count). The molecule has 4 nitrogen and oxygen atoms in total. The van der Waals surface area contributed by atoms with Gasteiger partial charge < -0.3 is 10.6 Å². The second kappa shape index (κ2) is 5.80. The third kappa shape index (κ3) is 2.76. The van der Waals surface area contributed by atoms with E-state index in [0.717, 1.165) is 37.3 Å². The van der Waals surface area contributed by atoms with Gasteiger partial charge in [0.1, 0.15) is 0 Å². The topological polar surface area (TPSA) is 49.6 Å². The Balaban J connectivity index is 1.38. The van der Waals surface area contributed by atoms with Gasteiger partial charge in [-0.3, -0.25) is 9.69 Å². The monoisotopic (exact) mass is 307 g/mol. The average molecular weight is 307 g/mol. The lowest BCUT2D eigenvalue weighted by atomic mass is 9.98. The maximum atomic E-state index is 12.5. The fourth-order valence-corrected chi connectivity index (χ4v) is 3.32. The molecule has 0 saturated carbocycles. The van der Waals surface area contributed by atoms with Crippen LogP contribution in [0.4, 0.5) is 0 Å². The molecule has 118 valence electrons. The summed E-state index contributed by atoms with van der Waals surface area (Å²) in [6, 6.07) is 18.9. The van der Waals surface area contributed by atoms with E-state index in [-0.39, 0.29) is 5.91 Å². The fourth-order valence-electron chi connectivity index (χ4n) is 3.32. The van der Waals surface area contributed by atoms with Crippen LogP contribution in [0.2, 0.25) is 0 Å². The molecule has 23 heavy (non-hydrogen) atoms. The molecule has 2 aromatic carbocycles. The van der Waals surface area contributed by atoms with Gasteiger partial charge in [0.25, 0.3) is 5.91 Å². The number of benzene rings is 2. The predicted molar refractivity (Wildman–Crippen MR) is 91.1 cm³/mol. The third-order valence-electron chi connectivity index (χ3n) is 4.84. The van der Waals surface area contributed by atoms with Crippen molar-refractivity contribution in [3.05, 3.63) is 60.2 Å². The van der Waals surface area contributed by atoms with E-state index >= 15 is 0 Å². The second-order valence-electron chi connectivity index (χ2n) is 6.52. The number of amides is 1. The van der Waals surface area contributed by atoms with Gasteiger partial charge in [-0.2, -0.15) is 0 Å². The molecule has 1 amide bonds. The number of nitrogens with two attached hydrogens (primary N) is 1. The number of likely N-dealkylation sites (tertiary alicyclic amines) is 2. The molecule has 2 aliphatic heterocycles. The molecule has 0 radical (unpaired) electrons. The summed E-state index contributed by atoms with van der Waals surface area (Å²) in [6.45, 7) is 3.59. The molecule has 2 heterocycles. The number of nitrogens with zero attached hydrogens (tertiary/aromatic N) is 2. The van der Waals surface area contributed by atoms with Gasteiger partial charge in [-0.1, -0.05) is 42.5 Å². The van der Waals surface area contributed by atoms with Crippen LogP contribution >= 0.6 is 0 Å². The zero-order chi connectivity index (χ0) is 15.8. The Hall–Kier alpha value is -2.17. The molecule has 0 atom stereocenters. The quantitative estimate of drug-likeness (QED) is 0.941. The number of hydrogen-bond acceptors (Lipinski definition) is 3. The lowest BCUT2D eigenvalue weighted by Gasteiger charge is -2.51. The van der Waals surface area contributed by atoms with E-state index in [1.807, 2.05) is 47.4 Å². The minimum Gasteiger partial charge on any atom is -0.335 e. The van der Waals surface area contributed by atoms with Gasteiger partial charge in [0, 0.05) is 43.8 Å². The van der Waals surface area contributed by atoms with Crippen molar-refractivity contribution in [2.24, 2.45) is 5.73 Å². The largest absolute Gasteiger partial charge is 0.335 e. The standard InChI is InChI=1S/C19H21N3O/c20-17-10-21(11-17)18-12-22(13-18)19(23)16-8-6-15(7-9-16)14-4-2-1-3-5-14/h1-9,17-18H,10-13,20H2. The lowest BCUT2D eigenvalue weighted by molar-refractivity contribution is -0.00376. The van der Waals surface area contributed by atoms with Gasteiger partial charge in [-0.15, -0.1) is 0 Å². The Morgan fingerprint density at radius 2 is 1.48 bits per heavy atom. The minimum absolute atomic E-state index is 0.130. The zero-order valence-electron chi connectivity index (χ0n) is 13.1. The first-order chi connectivity index (χ1) is 11.2. The average Bonchev–Trinajstić information content (AvgIpc) is 2.53. The first kappa shape index (κ1) is 14.4. The van der Waals surface area contributed by atoms with Gasteiger partial charge in [-0.25, -0.2) is 0 Å². The minimum atomic E-state index is 0.130. The van der Waals surface area contributed by atoms with Crippen molar-refractivity contribution in [1.29, 1.82) is 0 Å². The molecular formula is C19H21N3O. The third-order valence-corrected chi connectivity index (χ3v) is 4.84. The molecule has 2 aliphatic rings. The van der Waals surface area contributed by atoms with Crippen LogP contribution in [0.5, 0.6) is 0 Å². The first-order valence-electron chi connectivity index (χ1n) is 8.15. The molecule has 4 heteroatoms. The maximum absolute atomic E-state index is 12.5. The van der Waals surface area contributed by atoms with E-state index in [2.05, 4.69) is 17.0 Å². The fraction of sp³-hybridized carbons (Fsp3) is 0.316. The summed E-state index contributed by atoms with van der Waals surface area (Å²) in [7, 11) is 0. The van der Waals surface area contributed by atoms with Gasteiger partial charge >= 0.3 is 0 Å². The van der Waals surface area contributed by atoms with Crippen LogP contribution in [0.15, 0.2) is 54.6 Å². The highest BCUT2D eigenvalue weighted by Gasteiger charge is 2.39. The van der Waals surface area contributed by atoms with Crippen LogP contribution < -0.4 is 5.73 Å². The van der Waals surface area contributed by atoms with Gasteiger partial charge in [0.2, 0.25) is 0 Å². The molecule has 0 aromatic heterocycles. The van der Waals surface area contributed by atoms with Crippen molar-refractivity contribution < 1.29 is 4.79 Å². The Bertz CT molecular complexity index is 686. The molecule has 0 spiro atoms. The van der Waals surface area contributed by atoms with Crippen LogP contribution in [0.25, 0.3) is 11.1 Å². The highest BCUT2D eigenvalue weighted by Crippen LogP contribution is 2.23. The highest BCUT2D eigenvalue weighted by molar-refractivity contribution is 5.95. The summed E-state index contributed by atoms with van der Waals surface area (Å²) in [6.07, 6.45) is 0. The van der Waals surface area contributed by atoms with Crippen LogP contribution in [0, 0.1) is 0 Å². The first-order valence-corrected chi connectivity index (χ1v) is 8.15. The Kier molecular flexibility index (Phi) is 3.63. The summed E-state index contributed by atoms with van der Waals surface area (Å²) < 4.78 is 0. The number of carbonyl (C=O) groups excluding carboxylic acids is 1. The zero-order valence-corrected chi connectivity index (χ0v) is 13.1. The number of hydrogen-bond donors (Lipinski definition) is 1. The number of carbonyl (C=O) groups is 1. The lowest BCUT2D eigenvalue weighted by Crippen LogP contribution is -2.69. The predicted octanol–water partition coefficient (Wildman–Crippen LogP) is 1.82. The van der Waals surface area contributed by atoms with Crippen molar-refractivity contribution in [2.45, 2.75) is 12.1 Å². The molecule has 2 saturated heterocycles. The molecule has 2 aromatic rings. The van der Waals surface area contributed by atoms with Crippen molar-refractivity contribution in [3.8, 4) is 11.1 Å². The normalized spacial score (nSPS) is 19.3. The van der Waals surface area contributed by atoms with Gasteiger partial charge in [0.15, 0.2) is 0 Å². The molecular weight excluding hydrogens is 286 g/mol.